The third-order valence-electron chi connectivity index (χ3n) is 5.57. The first-order valence-corrected chi connectivity index (χ1v) is 10.2. The van der Waals surface area contributed by atoms with Gasteiger partial charge in [0.2, 0.25) is 5.91 Å². The summed E-state index contributed by atoms with van der Waals surface area (Å²) in [6.45, 7) is 4.74. The maximum Gasteiger partial charge on any atom is 0.249 e. The SMILES string of the molecule is Cc1cc2c(NCc3ccccc3)cc(-n3c(C)cc4c(C(N)=O)cccc43)nc2[nH]1. The monoisotopic (exact) mass is 409 g/mol. The number of carbonyl (C=O) groups excluding carboxylic acids is 1. The zero-order valence-electron chi connectivity index (χ0n) is 17.4. The van der Waals surface area contributed by atoms with Crippen LogP contribution >= 0.6 is 0 Å². The van der Waals surface area contributed by atoms with Gasteiger partial charge in [0.15, 0.2) is 0 Å². The zero-order chi connectivity index (χ0) is 21.5. The molecule has 4 N–H and O–H groups in total. The summed E-state index contributed by atoms with van der Waals surface area (Å²) < 4.78 is 2.06. The summed E-state index contributed by atoms with van der Waals surface area (Å²) >= 11 is 0. The van der Waals surface area contributed by atoms with Gasteiger partial charge in [-0.05, 0) is 43.7 Å². The minimum Gasteiger partial charge on any atom is -0.380 e. The number of hydrogen-bond donors (Lipinski definition) is 3. The molecule has 1 amide bonds. The number of aryl methyl sites for hydroxylation is 2. The highest BCUT2D eigenvalue weighted by atomic mass is 16.1. The van der Waals surface area contributed by atoms with Gasteiger partial charge in [0, 0.05) is 46.0 Å². The summed E-state index contributed by atoms with van der Waals surface area (Å²) in [5.74, 6) is 0.343. The first-order valence-electron chi connectivity index (χ1n) is 10.2. The summed E-state index contributed by atoms with van der Waals surface area (Å²) in [4.78, 5) is 20.2. The third kappa shape index (κ3) is 3.32. The lowest BCUT2D eigenvalue weighted by Gasteiger charge is -2.13. The van der Waals surface area contributed by atoms with Gasteiger partial charge in [0.05, 0.1) is 5.52 Å². The van der Waals surface area contributed by atoms with Crippen LogP contribution in [0.5, 0.6) is 0 Å². The van der Waals surface area contributed by atoms with E-state index in [2.05, 4.69) is 39.1 Å². The molecule has 3 heterocycles. The summed E-state index contributed by atoms with van der Waals surface area (Å²) in [5, 5.41) is 5.44. The van der Waals surface area contributed by atoms with Gasteiger partial charge in [-0.15, -0.1) is 0 Å². The van der Waals surface area contributed by atoms with Gasteiger partial charge in [0.25, 0.3) is 0 Å². The molecule has 0 saturated heterocycles. The molecule has 2 aromatic carbocycles. The first kappa shape index (κ1) is 18.9. The van der Waals surface area contributed by atoms with Gasteiger partial charge in [-0.3, -0.25) is 9.36 Å². The Morgan fingerprint density at radius 2 is 1.84 bits per heavy atom. The Balaban J connectivity index is 1.67. The van der Waals surface area contributed by atoms with E-state index in [1.54, 1.807) is 6.07 Å². The van der Waals surface area contributed by atoms with Gasteiger partial charge >= 0.3 is 0 Å². The molecule has 0 radical (unpaired) electrons. The molecule has 0 atom stereocenters. The predicted octanol–water partition coefficient (Wildman–Crippen LogP) is 4.83. The van der Waals surface area contributed by atoms with Crippen LogP contribution in [0.15, 0.2) is 66.7 Å². The number of nitrogens with two attached hydrogens (primary N) is 1. The van der Waals surface area contributed by atoms with Crippen LogP contribution in [-0.4, -0.2) is 20.4 Å². The van der Waals surface area contributed by atoms with Crippen molar-refractivity contribution in [2.75, 3.05) is 5.32 Å². The normalized spacial score (nSPS) is 11.3. The van der Waals surface area contributed by atoms with E-state index in [4.69, 9.17) is 10.7 Å². The van der Waals surface area contributed by atoms with Crippen LogP contribution < -0.4 is 11.1 Å². The maximum absolute atomic E-state index is 11.9. The molecule has 3 aromatic heterocycles. The highest BCUT2D eigenvalue weighted by molar-refractivity contribution is 6.06. The van der Waals surface area contributed by atoms with Crippen LogP contribution in [0.2, 0.25) is 0 Å². The third-order valence-corrected chi connectivity index (χ3v) is 5.57. The molecule has 5 aromatic rings. The molecule has 0 spiro atoms. The number of pyridine rings is 1. The first-order chi connectivity index (χ1) is 15.0. The summed E-state index contributed by atoms with van der Waals surface area (Å²) in [6, 6.07) is 22.0. The van der Waals surface area contributed by atoms with Gasteiger partial charge < -0.3 is 16.0 Å². The molecule has 0 unspecified atom stereocenters. The molecule has 5 rings (SSSR count). The smallest absolute Gasteiger partial charge is 0.249 e. The second kappa shape index (κ2) is 7.32. The zero-order valence-corrected chi connectivity index (χ0v) is 17.4. The number of fused-ring (bicyclic) bond motifs is 2. The summed E-state index contributed by atoms with van der Waals surface area (Å²) in [5.41, 5.74) is 12.1. The van der Waals surface area contributed by atoms with Crippen molar-refractivity contribution in [2.45, 2.75) is 20.4 Å². The minimum absolute atomic E-state index is 0.434. The fourth-order valence-electron chi connectivity index (χ4n) is 4.16. The van der Waals surface area contributed by atoms with Crippen molar-refractivity contribution in [2.24, 2.45) is 5.73 Å². The molecule has 0 aliphatic heterocycles. The van der Waals surface area contributed by atoms with E-state index in [-0.39, 0.29) is 0 Å². The molecule has 154 valence electrons. The number of benzene rings is 2. The Labute approximate surface area is 179 Å². The molecule has 6 heteroatoms. The molecular formula is C25H23N5O. The lowest BCUT2D eigenvalue weighted by Crippen LogP contribution is -2.11. The van der Waals surface area contributed by atoms with Crippen LogP contribution in [0.4, 0.5) is 5.69 Å². The Hall–Kier alpha value is -4.06. The van der Waals surface area contributed by atoms with Crippen LogP contribution in [-0.2, 0) is 6.54 Å². The fourth-order valence-corrected chi connectivity index (χ4v) is 4.16. The van der Waals surface area contributed by atoms with Crippen molar-refractivity contribution in [1.82, 2.24) is 14.5 Å². The van der Waals surface area contributed by atoms with E-state index in [1.165, 1.54) is 5.56 Å². The number of aromatic nitrogens is 3. The van der Waals surface area contributed by atoms with Crippen molar-refractivity contribution in [3.05, 3.63) is 89.2 Å². The van der Waals surface area contributed by atoms with E-state index in [1.807, 2.05) is 50.2 Å². The van der Waals surface area contributed by atoms with Crippen molar-refractivity contribution in [1.29, 1.82) is 0 Å². The van der Waals surface area contributed by atoms with Crippen LogP contribution in [0.1, 0.15) is 27.3 Å². The lowest BCUT2D eigenvalue weighted by atomic mass is 10.1. The summed E-state index contributed by atoms with van der Waals surface area (Å²) in [7, 11) is 0. The van der Waals surface area contributed by atoms with E-state index in [0.29, 0.717) is 12.1 Å². The number of primary amides is 1. The Bertz CT molecular complexity index is 1430. The number of aromatic amines is 1. The quantitative estimate of drug-likeness (QED) is 0.388. The maximum atomic E-state index is 11.9. The standard InChI is InChI=1S/C25H23N5O/c1-15-11-20-21(27-14-17-7-4-3-5-8-17)13-23(29-25(20)28-15)30-16(2)12-19-18(24(26)31)9-6-10-22(19)30/h3-13H,14H2,1-2H3,(H2,26,31)(H2,27,28,29). The number of amides is 1. The van der Waals surface area contributed by atoms with E-state index in [0.717, 1.165) is 44.8 Å². The van der Waals surface area contributed by atoms with Crippen LogP contribution in [0.25, 0.3) is 27.8 Å². The molecule has 0 bridgehead atoms. The Morgan fingerprint density at radius 1 is 1.03 bits per heavy atom. The molecular weight excluding hydrogens is 386 g/mol. The lowest BCUT2D eigenvalue weighted by molar-refractivity contribution is 0.100. The average molecular weight is 409 g/mol. The van der Waals surface area contributed by atoms with Crippen molar-refractivity contribution >= 4 is 33.5 Å². The molecule has 0 fully saturated rings. The van der Waals surface area contributed by atoms with Crippen LogP contribution in [0, 0.1) is 13.8 Å². The van der Waals surface area contributed by atoms with E-state index < -0.39 is 5.91 Å². The predicted molar refractivity (Wildman–Crippen MR) is 125 cm³/mol. The highest BCUT2D eigenvalue weighted by Crippen LogP contribution is 2.31. The topological polar surface area (TPSA) is 88.7 Å². The minimum atomic E-state index is -0.434. The van der Waals surface area contributed by atoms with Gasteiger partial charge in [-0.2, -0.15) is 0 Å². The van der Waals surface area contributed by atoms with Gasteiger partial charge in [0.1, 0.15) is 11.5 Å². The number of carbonyl (C=O) groups is 1. The van der Waals surface area contributed by atoms with Gasteiger partial charge in [-0.1, -0.05) is 36.4 Å². The highest BCUT2D eigenvalue weighted by Gasteiger charge is 2.16. The number of hydrogen-bond acceptors (Lipinski definition) is 3. The number of anilines is 1. The van der Waals surface area contributed by atoms with Crippen molar-refractivity contribution in [3.8, 4) is 5.82 Å². The average Bonchev–Trinajstić information content (AvgIpc) is 3.30. The fraction of sp³-hybridized carbons (Fsp3) is 0.120. The molecule has 0 saturated carbocycles. The number of H-pyrrole nitrogens is 1. The van der Waals surface area contributed by atoms with Crippen LogP contribution in [0.3, 0.4) is 0 Å². The molecule has 6 nitrogen and oxygen atoms in total. The Kier molecular flexibility index (Phi) is 4.47. The van der Waals surface area contributed by atoms with Gasteiger partial charge in [-0.25, -0.2) is 4.98 Å². The molecule has 31 heavy (non-hydrogen) atoms. The number of nitrogens with one attached hydrogen (secondary N) is 2. The number of rotatable bonds is 5. The molecule has 0 aliphatic rings. The van der Waals surface area contributed by atoms with E-state index in [9.17, 15) is 4.79 Å². The van der Waals surface area contributed by atoms with Crippen molar-refractivity contribution in [3.63, 3.8) is 0 Å². The number of nitrogens with zero attached hydrogens (tertiary/aromatic N) is 2. The second-order valence-electron chi connectivity index (χ2n) is 7.81. The van der Waals surface area contributed by atoms with Crippen molar-refractivity contribution < 1.29 is 4.79 Å². The largest absolute Gasteiger partial charge is 0.380 e. The second-order valence-corrected chi connectivity index (χ2v) is 7.81. The summed E-state index contributed by atoms with van der Waals surface area (Å²) in [6.07, 6.45) is 0. The van der Waals surface area contributed by atoms with E-state index >= 15 is 0 Å². The molecule has 0 aliphatic carbocycles. The Morgan fingerprint density at radius 3 is 2.61 bits per heavy atom.